The highest BCUT2D eigenvalue weighted by Crippen LogP contribution is 2.31. The molecule has 0 saturated heterocycles. The van der Waals surface area contributed by atoms with Gasteiger partial charge in [0.15, 0.2) is 5.82 Å². The highest BCUT2D eigenvalue weighted by Gasteiger charge is 2.32. The van der Waals surface area contributed by atoms with Crippen LogP contribution in [0.25, 0.3) is 10.9 Å². The van der Waals surface area contributed by atoms with E-state index in [4.69, 9.17) is 0 Å². The van der Waals surface area contributed by atoms with Gasteiger partial charge in [-0.2, -0.15) is 13.2 Å². The molecule has 2 aromatic carbocycles. The summed E-state index contributed by atoms with van der Waals surface area (Å²) in [6.45, 7) is 1.73. The topological polar surface area (TPSA) is 37.8 Å². The molecule has 1 atom stereocenters. The van der Waals surface area contributed by atoms with Gasteiger partial charge < -0.3 is 5.32 Å². The summed E-state index contributed by atoms with van der Waals surface area (Å²) >= 11 is 0. The van der Waals surface area contributed by atoms with E-state index >= 15 is 0 Å². The van der Waals surface area contributed by atoms with Crippen LogP contribution >= 0.6 is 0 Å². The second-order valence-electron chi connectivity index (χ2n) is 6.10. The van der Waals surface area contributed by atoms with Crippen molar-refractivity contribution < 1.29 is 22.0 Å². The van der Waals surface area contributed by atoms with Crippen molar-refractivity contribution in [1.82, 2.24) is 9.97 Å². The number of alkyl halides is 3. The summed E-state index contributed by atoms with van der Waals surface area (Å²) in [7, 11) is 0. The average Bonchev–Trinajstić information content (AvgIpc) is 2.62. The van der Waals surface area contributed by atoms with E-state index in [0.717, 1.165) is 24.5 Å². The molecule has 8 heteroatoms. The maximum absolute atomic E-state index is 13.8. The van der Waals surface area contributed by atoms with E-state index < -0.39 is 23.4 Å². The molecule has 3 nitrogen and oxygen atoms in total. The predicted molar refractivity (Wildman–Crippen MR) is 95.5 cm³/mol. The number of nitrogens with zero attached hydrogens (tertiary/aromatic N) is 2. The van der Waals surface area contributed by atoms with E-state index in [1.54, 1.807) is 6.92 Å². The summed E-state index contributed by atoms with van der Waals surface area (Å²) in [4.78, 5) is 7.79. The Hall–Kier alpha value is -3.21. The molecule has 0 aliphatic carbocycles. The highest BCUT2D eigenvalue weighted by molar-refractivity contribution is 5.89. The molecule has 0 radical (unpaired) electrons. The first kappa shape index (κ1) is 19.5. The largest absolute Gasteiger partial charge is 0.417 e. The number of nitrogens with one attached hydrogen (secondary N) is 1. The third-order valence-electron chi connectivity index (χ3n) is 3.90. The molecule has 0 aliphatic rings. The third-order valence-corrected chi connectivity index (χ3v) is 3.90. The van der Waals surface area contributed by atoms with Crippen molar-refractivity contribution in [2.75, 3.05) is 5.32 Å². The van der Waals surface area contributed by atoms with Crippen molar-refractivity contribution in [1.29, 1.82) is 0 Å². The fourth-order valence-electron chi connectivity index (χ4n) is 2.63. The Morgan fingerprint density at radius 3 is 2.61 bits per heavy atom. The fraction of sp³-hybridized carbons (Fsp3) is 0.200. The normalized spacial score (nSPS) is 12.4. The monoisotopic (exact) mass is 391 g/mol. The van der Waals surface area contributed by atoms with Crippen molar-refractivity contribution in [3.63, 3.8) is 0 Å². The molecule has 1 heterocycles. The van der Waals surface area contributed by atoms with Crippen LogP contribution < -0.4 is 5.32 Å². The lowest BCUT2D eigenvalue weighted by molar-refractivity contribution is -0.137. The molecular weight excluding hydrogens is 377 g/mol. The Kier molecular flexibility index (Phi) is 5.45. The van der Waals surface area contributed by atoms with Crippen molar-refractivity contribution in [2.45, 2.75) is 25.6 Å². The van der Waals surface area contributed by atoms with Crippen LogP contribution in [-0.4, -0.2) is 16.0 Å². The van der Waals surface area contributed by atoms with Gasteiger partial charge in [0.25, 0.3) is 0 Å². The number of halogens is 5. The Labute approximate surface area is 157 Å². The molecule has 3 rings (SSSR count). The van der Waals surface area contributed by atoms with Gasteiger partial charge in [-0.1, -0.05) is 24.0 Å². The van der Waals surface area contributed by atoms with E-state index in [2.05, 4.69) is 27.1 Å². The van der Waals surface area contributed by atoms with E-state index in [1.165, 1.54) is 18.2 Å². The Balaban J connectivity index is 1.78. The molecule has 0 amide bonds. The Morgan fingerprint density at radius 2 is 1.86 bits per heavy atom. The predicted octanol–water partition coefficient (Wildman–Crippen LogP) is 5.17. The summed E-state index contributed by atoms with van der Waals surface area (Å²) in [6.07, 6.45) is -3.15. The van der Waals surface area contributed by atoms with Gasteiger partial charge in [-0.25, -0.2) is 18.7 Å². The molecule has 0 fully saturated rings. The van der Waals surface area contributed by atoms with Crippen LogP contribution in [0.2, 0.25) is 0 Å². The van der Waals surface area contributed by atoms with Crippen molar-refractivity contribution in [3.05, 3.63) is 65.5 Å². The number of hydrogen-bond acceptors (Lipinski definition) is 3. The van der Waals surface area contributed by atoms with Gasteiger partial charge >= 0.3 is 6.18 Å². The molecule has 144 valence electrons. The lowest BCUT2D eigenvalue weighted by Gasteiger charge is -2.13. The zero-order valence-electron chi connectivity index (χ0n) is 14.6. The molecular formula is C20H14F5N3. The molecule has 3 aromatic rings. The second kappa shape index (κ2) is 7.80. The number of anilines is 1. The zero-order chi connectivity index (χ0) is 20.3. The van der Waals surface area contributed by atoms with Gasteiger partial charge in [0.05, 0.1) is 5.56 Å². The summed E-state index contributed by atoms with van der Waals surface area (Å²) in [5.74, 6) is 3.87. The van der Waals surface area contributed by atoms with Crippen LogP contribution in [0, 0.1) is 23.5 Å². The minimum atomic E-state index is -4.48. The Morgan fingerprint density at radius 1 is 1.11 bits per heavy atom. The van der Waals surface area contributed by atoms with Crippen LogP contribution in [0.15, 0.2) is 42.7 Å². The highest BCUT2D eigenvalue weighted by atomic mass is 19.4. The lowest BCUT2D eigenvalue weighted by Crippen LogP contribution is -2.15. The van der Waals surface area contributed by atoms with Gasteiger partial charge in [-0.3, -0.25) is 0 Å². The molecule has 0 bridgehead atoms. The van der Waals surface area contributed by atoms with Crippen LogP contribution in [0.5, 0.6) is 0 Å². The van der Waals surface area contributed by atoms with E-state index in [0.29, 0.717) is 0 Å². The molecule has 0 aliphatic heterocycles. The van der Waals surface area contributed by atoms with Gasteiger partial charge in [-0.15, -0.1) is 0 Å². The fourth-order valence-corrected chi connectivity index (χ4v) is 2.63. The molecule has 1 aromatic heterocycles. The first-order valence-electron chi connectivity index (χ1n) is 8.27. The molecule has 1 unspecified atom stereocenters. The zero-order valence-corrected chi connectivity index (χ0v) is 14.6. The summed E-state index contributed by atoms with van der Waals surface area (Å²) in [5.41, 5.74) is -0.939. The van der Waals surface area contributed by atoms with Crippen molar-refractivity contribution in [2.24, 2.45) is 0 Å². The van der Waals surface area contributed by atoms with E-state index in [1.807, 2.05) is 0 Å². The van der Waals surface area contributed by atoms with E-state index in [9.17, 15) is 22.0 Å². The van der Waals surface area contributed by atoms with Crippen molar-refractivity contribution in [3.8, 4) is 11.8 Å². The Bertz CT molecular complexity index is 1070. The summed E-state index contributed by atoms with van der Waals surface area (Å²) in [5, 5.41) is 3.13. The van der Waals surface area contributed by atoms with Crippen LogP contribution in [-0.2, 0) is 6.18 Å². The number of benzene rings is 2. The molecule has 0 spiro atoms. The van der Waals surface area contributed by atoms with Crippen LogP contribution in [0.3, 0.4) is 0 Å². The first-order chi connectivity index (χ1) is 13.3. The first-order valence-corrected chi connectivity index (χ1v) is 8.27. The minimum absolute atomic E-state index is 0.0312. The van der Waals surface area contributed by atoms with Crippen LogP contribution in [0.4, 0.5) is 27.8 Å². The number of aromatic nitrogens is 2. The second-order valence-corrected chi connectivity index (χ2v) is 6.10. The van der Waals surface area contributed by atoms with Crippen LogP contribution in [0.1, 0.15) is 24.5 Å². The number of fused-ring (bicyclic) bond motifs is 1. The minimum Gasteiger partial charge on any atom is -0.366 e. The third kappa shape index (κ3) is 4.36. The molecule has 1 N–H and O–H groups in total. The summed E-state index contributed by atoms with van der Waals surface area (Å²) in [6, 6.07) is 6.56. The quantitative estimate of drug-likeness (QED) is 0.495. The maximum atomic E-state index is 13.8. The summed E-state index contributed by atoms with van der Waals surface area (Å²) < 4.78 is 66.3. The maximum Gasteiger partial charge on any atom is 0.417 e. The van der Waals surface area contributed by atoms with Crippen molar-refractivity contribution >= 4 is 16.7 Å². The van der Waals surface area contributed by atoms with Gasteiger partial charge in [0.1, 0.15) is 23.5 Å². The van der Waals surface area contributed by atoms with Gasteiger partial charge in [-0.05, 0) is 25.1 Å². The molecule has 0 saturated carbocycles. The smallest absolute Gasteiger partial charge is 0.366 e. The van der Waals surface area contributed by atoms with Gasteiger partial charge in [0, 0.05) is 29.5 Å². The van der Waals surface area contributed by atoms with Gasteiger partial charge in [0.2, 0.25) is 0 Å². The standard InChI is InChI=1S/C20H14F5N3/c1-12(5-4-7-13-6-2-3-8-16(13)20(23,24)25)28-19-15-9-14(21)10-17(22)18(15)26-11-27-19/h2-3,6,8-12H,5H2,1H3,(H,26,27,28). The number of hydrogen-bond donors (Lipinski definition) is 1. The average molecular weight is 391 g/mol. The lowest BCUT2D eigenvalue weighted by atomic mass is 10.1. The molecule has 28 heavy (non-hydrogen) atoms. The SMILES string of the molecule is CC(CC#Cc1ccccc1C(F)(F)F)Nc1ncnc2c(F)cc(F)cc12. The van der Waals surface area contributed by atoms with E-state index in [-0.39, 0.29) is 34.7 Å². The number of rotatable bonds is 3.